The number of hydrogen-bond acceptors (Lipinski definition) is 5. The van der Waals surface area contributed by atoms with Crippen LogP contribution in [0.25, 0.3) is 0 Å². The van der Waals surface area contributed by atoms with Crippen LogP contribution in [0.3, 0.4) is 0 Å². The summed E-state index contributed by atoms with van der Waals surface area (Å²) >= 11 is 0. The molecule has 106 valence electrons. The van der Waals surface area contributed by atoms with E-state index in [9.17, 15) is 19.7 Å². The number of anilines is 1. The Balaban J connectivity index is 2.29. The van der Waals surface area contributed by atoms with Crippen molar-refractivity contribution in [1.29, 1.82) is 0 Å². The van der Waals surface area contributed by atoms with Crippen molar-refractivity contribution in [2.75, 3.05) is 12.3 Å². The maximum Gasteiger partial charge on any atom is 0.323 e. The molecule has 1 fully saturated rings. The number of amides is 1. The summed E-state index contributed by atoms with van der Waals surface area (Å²) in [6.07, 6.45) is 1.49. The number of nitrogens with zero attached hydrogens (tertiary/aromatic N) is 2. The van der Waals surface area contributed by atoms with Gasteiger partial charge < -0.3 is 15.7 Å². The molecule has 8 nitrogen and oxygen atoms in total. The van der Waals surface area contributed by atoms with E-state index in [1.807, 2.05) is 0 Å². The normalized spacial score (nSPS) is 13.8. The average Bonchev–Trinajstić information content (AvgIpc) is 3.19. The summed E-state index contributed by atoms with van der Waals surface area (Å²) in [5.41, 5.74) is 5.13. The number of hydrogen-bond donors (Lipinski definition) is 2. The zero-order chi connectivity index (χ0) is 14.9. The van der Waals surface area contributed by atoms with Crippen molar-refractivity contribution in [2.45, 2.75) is 18.9 Å². The molecule has 1 saturated carbocycles. The second-order valence-corrected chi connectivity index (χ2v) is 4.59. The molecule has 0 heterocycles. The lowest BCUT2D eigenvalue weighted by Gasteiger charge is -2.20. The third-order valence-electron chi connectivity index (χ3n) is 3.03. The highest BCUT2D eigenvalue weighted by molar-refractivity contribution is 5.97. The Bertz CT molecular complexity index is 582. The first-order chi connectivity index (χ1) is 9.40. The molecule has 0 atom stereocenters. The lowest BCUT2D eigenvalue weighted by Crippen LogP contribution is -2.37. The number of nitrogens with two attached hydrogens (primary N) is 1. The van der Waals surface area contributed by atoms with Gasteiger partial charge in [0.05, 0.1) is 4.92 Å². The average molecular weight is 279 g/mol. The Morgan fingerprint density at radius 3 is 2.60 bits per heavy atom. The van der Waals surface area contributed by atoms with Crippen LogP contribution in [-0.2, 0) is 4.79 Å². The maximum atomic E-state index is 12.2. The predicted octanol–water partition coefficient (Wildman–Crippen LogP) is 0.866. The van der Waals surface area contributed by atoms with Crippen LogP contribution in [0.2, 0.25) is 0 Å². The predicted molar refractivity (Wildman–Crippen MR) is 69.2 cm³/mol. The first-order valence-corrected chi connectivity index (χ1v) is 5.97. The summed E-state index contributed by atoms with van der Waals surface area (Å²) < 4.78 is 0. The van der Waals surface area contributed by atoms with Crippen LogP contribution in [0.1, 0.15) is 23.2 Å². The third-order valence-corrected chi connectivity index (χ3v) is 3.03. The molecule has 3 N–H and O–H groups in total. The second-order valence-electron chi connectivity index (χ2n) is 4.59. The van der Waals surface area contributed by atoms with Gasteiger partial charge in [0.15, 0.2) is 0 Å². The van der Waals surface area contributed by atoms with E-state index >= 15 is 0 Å². The minimum absolute atomic E-state index is 0.0391. The fourth-order valence-corrected chi connectivity index (χ4v) is 1.90. The van der Waals surface area contributed by atoms with Crippen molar-refractivity contribution >= 4 is 23.3 Å². The van der Waals surface area contributed by atoms with Gasteiger partial charge in [0.2, 0.25) is 0 Å². The summed E-state index contributed by atoms with van der Waals surface area (Å²) in [5.74, 6) is -1.65. The van der Waals surface area contributed by atoms with E-state index in [0.29, 0.717) is 0 Å². The fraction of sp³-hybridized carbons (Fsp3) is 0.333. The molecule has 0 radical (unpaired) electrons. The molecule has 0 bridgehead atoms. The molecule has 1 aliphatic carbocycles. The molecular weight excluding hydrogens is 266 g/mol. The quantitative estimate of drug-likeness (QED) is 0.467. The molecule has 8 heteroatoms. The highest BCUT2D eigenvalue weighted by atomic mass is 16.6. The van der Waals surface area contributed by atoms with Gasteiger partial charge in [-0.15, -0.1) is 0 Å². The highest BCUT2D eigenvalue weighted by Crippen LogP contribution is 2.29. The first-order valence-electron chi connectivity index (χ1n) is 5.97. The van der Waals surface area contributed by atoms with Gasteiger partial charge in [0.1, 0.15) is 12.2 Å². The van der Waals surface area contributed by atoms with Crippen LogP contribution in [0.4, 0.5) is 11.4 Å². The highest BCUT2D eigenvalue weighted by Gasteiger charge is 2.34. The van der Waals surface area contributed by atoms with Crippen LogP contribution >= 0.6 is 0 Å². The van der Waals surface area contributed by atoms with Gasteiger partial charge in [0.25, 0.3) is 11.6 Å². The van der Waals surface area contributed by atoms with E-state index in [4.69, 9.17) is 10.8 Å². The standard InChI is InChI=1S/C12H13N3O5/c13-9-4-1-7(5-10(9)15(19)20)12(18)14(6-11(16)17)8-2-3-8/h1,4-5,8H,2-3,6,13H2,(H,16,17). The smallest absolute Gasteiger partial charge is 0.323 e. The molecule has 0 unspecified atom stereocenters. The molecule has 0 saturated heterocycles. The van der Waals surface area contributed by atoms with Crippen molar-refractivity contribution < 1.29 is 19.6 Å². The Kier molecular flexibility index (Phi) is 3.55. The number of carbonyl (C=O) groups is 2. The number of carbonyl (C=O) groups excluding carboxylic acids is 1. The van der Waals surface area contributed by atoms with E-state index in [2.05, 4.69) is 0 Å². The summed E-state index contributed by atoms with van der Waals surface area (Å²) in [6, 6.07) is 3.61. The largest absolute Gasteiger partial charge is 0.480 e. The van der Waals surface area contributed by atoms with Gasteiger partial charge in [-0.2, -0.15) is 0 Å². The van der Waals surface area contributed by atoms with Crippen LogP contribution in [0.15, 0.2) is 18.2 Å². The van der Waals surface area contributed by atoms with Crippen LogP contribution in [0.5, 0.6) is 0 Å². The van der Waals surface area contributed by atoms with Gasteiger partial charge in [-0.25, -0.2) is 0 Å². The SMILES string of the molecule is Nc1ccc(C(=O)N(CC(=O)O)C2CC2)cc1[N+](=O)[O-]. The summed E-state index contributed by atoms with van der Waals surface area (Å²) in [6.45, 7) is -0.415. The van der Waals surface area contributed by atoms with Crippen LogP contribution in [-0.4, -0.2) is 39.4 Å². The molecular formula is C12H13N3O5. The van der Waals surface area contributed by atoms with Crippen molar-refractivity contribution in [1.82, 2.24) is 4.90 Å². The van der Waals surface area contributed by atoms with Gasteiger partial charge in [0, 0.05) is 17.7 Å². The van der Waals surface area contributed by atoms with E-state index in [1.165, 1.54) is 17.0 Å². The van der Waals surface area contributed by atoms with E-state index in [1.54, 1.807) is 0 Å². The van der Waals surface area contributed by atoms with Crippen molar-refractivity contribution in [3.8, 4) is 0 Å². The molecule has 0 spiro atoms. The fourth-order valence-electron chi connectivity index (χ4n) is 1.90. The summed E-state index contributed by atoms with van der Waals surface area (Å²) in [7, 11) is 0. The number of nitro groups is 1. The first kappa shape index (κ1) is 13.8. The number of carboxylic acids is 1. The van der Waals surface area contributed by atoms with Gasteiger partial charge >= 0.3 is 5.97 Å². The van der Waals surface area contributed by atoms with E-state index < -0.39 is 23.3 Å². The minimum Gasteiger partial charge on any atom is -0.480 e. The van der Waals surface area contributed by atoms with Crippen molar-refractivity contribution in [2.24, 2.45) is 0 Å². The zero-order valence-corrected chi connectivity index (χ0v) is 10.5. The summed E-state index contributed by atoms with van der Waals surface area (Å²) in [4.78, 5) is 34.4. The lowest BCUT2D eigenvalue weighted by molar-refractivity contribution is -0.383. The molecule has 2 rings (SSSR count). The van der Waals surface area contributed by atoms with Crippen molar-refractivity contribution in [3.05, 3.63) is 33.9 Å². The molecule has 0 aromatic heterocycles. The summed E-state index contributed by atoms with van der Waals surface area (Å²) in [5, 5.41) is 19.6. The van der Waals surface area contributed by atoms with Gasteiger partial charge in [-0.3, -0.25) is 19.7 Å². The van der Waals surface area contributed by atoms with Gasteiger partial charge in [-0.1, -0.05) is 0 Å². The van der Waals surface area contributed by atoms with Crippen LogP contribution < -0.4 is 5.73 Å². The Labute approximate surface area is 113 Å². The number of benzene rings is 1. The monoisotopic (exact) mass is 279 g/mol. The number of nitro benzene ring substituents is 1. The van der Waals surface area contributed by atoms with Gasteiger partial charge in [-0.05, 0) is 25.0 Å². The minimum atomic E-state index is -1.12. The maximum absolute atomic E-state index is 12.2. The topological polar surface area (TPSA) is 127 Å². The molecule has 1 aromatic rings. The molecule has 1 aliphatic rings. The van der Waals surface area contributed by atoms with Crippen LogP contribution in [0, 0.1) is 10.1 Å². The number of carboxylic acid groups (broad SMARTS) is 1. The van der Waals surface area contributed by atoms with E-state index in [-0.39, 0.29) is 23.0 Å². The number of rotatable bonds is 5. The van der Waals surface area contributed by atoms with Crippen molar-refractivity contribution in [3.63, 3.8) is 0 Å². The molecule has 20 heavy (non-hydrogen) atoms. The second kappa shape index (κ2) is 5.16. The molecule has 1 amide bonds. The number of nitrogen functional groups attached to an aromatic ring is 1. The lowest BCUT2D eigenvalue weighted by atomic mass is 10.1. The Morgan fingerprint density at radius 1 is 1.45 bits per heavy atom. The Hall–Kier alpha value is -2.64. The zero-order valence-electron chi connectivity index (χ0n) is 10.5. The van der Waals surface area contributed by atoms with E-state index in [0.717, 1.165) is 18.9 Å². The molecule has 1 aromatic carbocycles. The third kappa shape index (κ3) is 2.85. The number of aliphatic carboxylic acids is 1. The Morgan fingerprint density at radius 2 is 2.10 bits per heavy atom. The molecule has 0 aliphatic heterocycles.